The molecule has 0 radical (unpaired) electrons. The highest BCUT2D eigenvalue weighted by molar-refractivity contribution is 5.15. The van der Waals surface area contributed by atoms with Gasteiger partial charge in [-0.1, -0.05) is 0 Å². The van der Waals surface area contributed by atoms with Crippen molar-refractivity contribution < 1.29 is 0 Å². The summed E-state index contributed by atoms with van der Waals surface area (Å²) in [7, 11) is 3.96. The maximum Gasteiger partial charge on any atom is 0.110 e. The molecule has 98 valence electrons. The lowest BCUT2D eigenvalue weighted by Gasteiger charge is -2.16. The Bertz CT molecular complexity index is 511. The Labute approximate surface area is 108 Å². The van der Waals surface area contributed by atoms with E-state index in [0.717, 1.165) is 24.5 Å². The maximum absolute atomic E-state index is 4.43. The molecule has 5 heteroatoms. The summed E-state index contributed by atoms with van der Waals surface area (Å²) in [6, 6.07) is 2.37. The lowest BCUT2D eigenvalue weighted by molar-refractivity contribution is 0.513. The first kappa shape index (κ1) is 12.8. The second-order valence-corrected chi connectivity index (χ2v) is 4.51. The van der Waals surface area contributed by atoms with Crippen molar-refractivity contribution in [1.82, 2.24) is 24.6 Å². The second kappa shape index (κ2) is 5.35. The molecule has 2 rings (SSSR count). The van der Waals surface area contributed by atoms with E-state index in [1.807, 2.05) is 38.1 Å². The number of nitrogens with one attached hydrogen (secondary N) is 1. The molecular weight excluding hydrogens is 226 g/mol. The molecule has 0 aliphatic carbocycles. The second-order valence-electron chi connectivity index (χ2n) is 4.51. The summed E-state index contributed by atoms with van der Waals surface area (Å²) in [5, 5.41) is 7.75. The minimum atomic E-state index is 0.240. The van der Waals surface area contributed by atoms with Crippen LogP contribution in [0.3, 0.4) is 0 Å². The molecule has 0 saturated heterocycles. The lowest BCUT2D eigenvalue weighted by Crippen LogP contribution is -2.23. The first-order valence-corrected chi connectivity index (χ1v) is 6.33. The van der Waals surface area contributed by atoms with Crippen molar-refractivity contribution in [2.24, 2.45) is 7.05 Å². The molecule has 0 amide bonds. The molecule has 0 aromatic carbocycles. The molecule has 0 spiro atoms. The van der Waals surface area contributed by atoms with Crippen LogP contribution in [0.5, 0.6) is 0 Å². The van der Waals surface area contributed by atoms with Crippen molar-refractivity contribution >= 4 is 0 Å². The Morgan fingerprint density at radius 1 is 1.44 bits per heavy atom. The molecule has 1 N–H and O–H groups in total. The van der Waals surface area contributed by atoms with Crippen LogP contribution in [0.2, 0.25) is 0 Å². The molecule has 0 bridgehead atoms. The first-order chi connectivity index (χ1) is 8.65. The van der Waals surface area contributed by atoms with E-state index in [-0.39, 0.29) is 6.04 Å². The average Bonchev–Trinajstić information content (AvgIpc) is 2.92. The van der Waals surface area contributed by atoms with E-state index in [0.29, 0.717) is 0 Å². The molecule has 0 aliphatic rings. The largest absolute Gasteiger partial charge is 0.335 e. The Kier molecular flexibility index (Phi) is 3.81. The van der Waals surface area contributed by atoms with Gasteiger partial charge in [-0.3, -0.25) is 4.68 Å². The number of rotatable bonds is 5. The van der Waals surface area contributed by atoms with Gasteiger partial charge in [-0.15, -0.1) is 0 Å². The molecule has 0 fully saturated rings. The number of likely N-dealkylation sites (N-methyl/N-ethyl adjacent to an activating group) is 1. The van der Waals surface area contributed by atoms with Gasteiger partial charge in [-0.2, -0.15) is 5.10 Å². The number of hydrogen-bond donors (Lipinski definition) is 1. The zero-order chi connectivity index (χ0) is 13.1. The molecule has 1 atom stereocenters. The smallest absolute Gasteiger partial charge is 0.110 e. The summed E-state index contributed by atoms with van der Waals surface area (Å²) >= 11 is 0. The predicted octanol–water partition coefficient (Wildman–Crippen LogP) is 1.45. The van der Waals surface area contributed by atoms with Crippen LogP contribution in [0.25, 0.3) is 0 Å². The fourth-order valence-electron chi connectivity index (χ4n) is 2.31. The van der Waals surface area contributed by atoms with Gasteiger partial charge in [0.15, 0.2) is 0 Å². The van der Waals surface area contributed by atoms with Crippen molar-refractivity contribution in [3.8, 4) is 0 Å². The molecule has 1 unspecified atom stereocenters. The number of nitrogens with zero attached hydrogens (tertiary/aromatic N) is 4. The third-order valence-corrected chi connectivity index (χ3v) is 3.27. The van der Waals surface area contributed by atoms with Crippen LogP contribution in [0.4, 0.5) is 0 Å². The SMILES string of the molecule is CCn1ccnc1CC(NC)c1cc(C)nn1C. The Balaban J connectivity index is 2.22. The van der Waals surface area contributed by atoms with Crippen LogP contribution in [0, 0.1) is 6.92 Å². The topological polar surface area (TPSA) is 47.7 Å². The standard InChI is InChI=1S/C13H21N5/c1-5-18-7-6-15-13(18)9-11(14-3)12-8-10(2)16-17(12)4/h6-8,11,14H,5,9H2,1-4H3. The van der Waals surface area contributed by atoms with Crippen LogP contribution in [-0.2, 0) is 20.0 Å². The van der Waals surface area contributed by atoms with E-state index in [4.69, 9.17) is 0 Å². The minimum Gasteiger partial charge on any atom is -0.335 e. The molecule has 2 aromatic heterocycles. The van der Waals surface area contributed by atoms with Gasteiger partial charge >= 0.3 is 0 Å². The molecule has 2 aromatic rings. The van der Waals surface area contributed by atoms with Crippen LogP contribution in [0.1, 0.15) is 30.2 Å². The molecule has 0 saturated carbocycles. The van der Waals surface area contributed by atoms with Gasteiger partial charge in [0.1, 0.15) is 5.82 Å². The van der Waals surface area contributed by atoms with Crippen molar-refractivity contribution in [2.75, 3.05) is 7.05 Å². The Morgan fingerprint density at radius 3 is 2.78 bits per heavy atom. The highest BCUT2D eigenvalue weighted by Gasteiger charge is 2.17. The quantitative estimate of drug-likeness (QED) is 0.870. The summed E-state index contributed by atoms with van der Waals surface area (Å²) in [4.78, 5) is 4.43. The zero-order valence-corrected chi connectivity index (χ0v) is 11.5. The predicted molar refractivity (Wildman–Crippen MR) is 71.4 cm³/mol. The molecular formula is C13H21N5. The van der Waals surface area contributed by atoms with Gasteiger partial charge < -0.3 is 9.88 Å². The monoisotopic (exact) mass is 247 g/mol. The summed E-state index contributed by atoms with van der Waals surface area (Å²) in [5.41, 5.74) is 2.24. The van der Waals surface area contributed by atoms with Gasteiger partial charge in [0.05, 0.1) is 17.4 Å². The average molecular weight is 247 g/mol. The Morgan fingerprint density at radius 2 is 2.22 bits per heavy atom. The van der Waals surface area contributed by atoms with Gasteiger partial charge in [0, 0.05) is 32.4 Å². The summed E-state index contributed by atoms with van der Waals surface area (Å²) in [6.45, 7) is 5.10. The number of imidazole rings is 1. The van der Waals surface area contributed by atoms with E-state index >= 15 is 0 Å². The summed E-state index contributed by atoms with van der Waals surface area (Å²) < 4.78 is 4.11. The fraction of sp³-hybridized carbons (Fsp3) is 0.538. The highest BCUT2D eigenvalue weighted by Crippen LogP contribution is 2.17. The van der Waals surface area contributed by atoms with Gasteiger partial charge in [0.25, 0.3) is 0 Å². The molecule has 0 aliphatic heterocycles. The summed E-state index contributed by atoms with van der Waals surface area (Å²) in [5.74, 6) is 1.11. The van der Waals surface area contributed by atoms with E-state index in [1.165, 1.54) is 5.69 Å². The van der Waals surface area contributed by atoms with Crippen LogP contribution < -0.4 is 5.32 Å². The maximum atomic E-state index is 4.43. The summed E-state index contributed by atoms with van der Waals surface area (Å²) in [6.07, 6.45) is 4.76. The fourth-order valence-corrected chi connectivity index (χ4v) is 2.31. The minimum absolute atomic E-state index is 0.240. The highest BCUT2D eigenvalue weighted by atomic mass is 15.3. The third-order valence-electron chi connectivity index (χ3n) is 3.27. The normalized spacial score (nSPS) is 12.9. The zero-order valence-electron chi connectivity index (χ0n) is 11.5. The molecule has 2 heterocycles. The van der Waals surface area contributed by atoms with Crippen molar-refractivity contribution in [3.05, 3.63) is 35.7 Å². The number of aryl methyl sites for hydroxylation is 3. The third kappa shape index (κ3) is 2.46. The van der Waals surface area contributed by atoms with Crippen molar-refractivity contribution in [3.63, 3.8) is 0 Å². The van der Waals surface area contributed by atoms with Crippen molar-refractivity contribution in [1.29, 1.82) is 0 Å². The van der Waals surface area contributed by atoms with Gasteiger partial charge in [0.2, 0.25) is 0 Å². The number of aromatic nitrogens is 4. The van der Waals surface area contributed by atoms with Crippen LogP contribution >= 0.6 is 0 Å². The van der Waals surface area contributed by atoms with E-state index in [1.54, 1.807) is 0 Å². The van der Waals surface area contributed by atoms with E-state index in [2.05, 4.69) is 33.0 Å². The molecule has 5 nitrogen and oxygen atoms in total. The van der Waals surface area contributed by atoms with E-state index in [9.17, 15) is 0 Å². The lowest BCUT2D eigenvalue weighted by atomic mass is 10.1. The van der Waals surface area contributed by atoms with Gasteiger partial charge in [-0.25, -0.2) is 4.98 Å². The van der Waals surface area contributed by atoms with Crippen molar-refractivity contribution in [2.45, 2.75) is 32.9 Å². The molecule has 18 heavy (non-hydrogen) atoms. The van der Waals surface area contributed by atoms with Gasteiger partial charge in [-0.05, 0) is 27.0 Å². The number of hydrogen-bond acceptors (Lipinski definition) is 3. The first-order valence-electron chi connectivity index (χ1n) is 6.33. The Hall–Kier alpha value is -1.62. The van der Waals surface area contributed by atoms with Crippen LogP contribution in [-0.4, -0.2) is 26.4 Å². The van der Waals surface area contributed by atoms with Crippen LogP contribution in [0.15, 0.2) is 18.5 Å². The van der Waals surface area contributed by atoms with E-state index < -0.39 is 0 Å².